The Hall–Kier alpha value is -2.21. The lowest BCUT2D eigenvalue weighted by molar-refractivity contribution is -0.115. The van der Waals surface area contributed by atoms with Crippen LogP contribution in [0.4, 0.5) is 5.69 Å². The maximum absolute atomic E-state index is 11.8. The van der Waals surface area contributed by atoms with Crippen molar-refractivity contribution in [2.24, 2.45) is 0 Å². The highest BCUT2D eigenvalue weighted by atomic mass is 16.1. The average Bonchev–Trinajstić information content (AvgIpc) is 3.10. The van der Waals surface area contributed by atoms with E-state index in [0.29, 0.717) is 12.6 Å². The van der Waals surface area contributed by atoms with E-state index in [1.54, 1.807) is 11.0 Å². The number of nitrogens with zero attached hydrogens (tertiary/aromatic N) is 3. The minimum Gasteiger partial charge on any atom is -0.323 e. The van der Waals surface area contributed by atoms with Crippen molar-refractivity contribution in [3.63, 3.8) is 0 Å². The Morgan fingerprint density at radius 3 is 2.95 bits per heavy atom. The molecule has 0 saturated heterocycles. The molecule has 1 aromatic heterocycles. The molecule has 19 heavy (non-hydrogen) atoms. The molecule has 1 heterocycles. The molecule has 6 heteroatoms. The fourth-order valence-corrected chi connectivity index (χ4v) is 1.83. The van der Waals surface area contributed by atoms with Crippen LogP contribution in [0, 0.1) is 0 Å². The number of hydrogen-bond acceptors (Lipinski definition) is 4. The fourth-order valence-electron chi connectivity index (χ4n) is 1.83. The third-order valence-electron chi connectivity index (χ3n) is 2.97. The van der Waals surface area contributed by atoms with Gasteiger partial charge < -0.3 is 10.6 Å². The number of benzene rings is 1. The first kappa shape index (κ1) is 11.9. The molecule has 0 radical (unpaired) electrons. The highest BCUT2D eigenvalue weighted by Gasteiger charge is 2.21. The summed E-state index contributed by atoms with van der Waals surface area (Å²) in [6.07, 6.45) is 5.41. The van der Waals surface area contributed by atoms with E-state index < -0.39 is 0 Å². The van der Waals surface area contributed by atoms with Gasteiger partial charge in [0.25, 0.3) is 0 Å². The smallest absolute Gasteiger partial charge is 0.238 e. The van der Waals surface area contributed by atoms with Crippen LogP contribution in [0.15, 0.2) is 36.9 Å². The Morgan fingerprint density at radius 1 is 1.37 bits per heavy atom. The molecule has 0 spiro atoms. The number of carbonyl (C=O) groups is 1. The molecular weight excluding hydrogens is 242 g/mol. The summed E-state index contributed by atoms with van der Waals surface area (Å²) in [4.78, 5) is 15.8. The van der Waals surface area contributed by atoms with E-state index in [2.05, 4.69) is 20.7 Å². The molecule has 2 N–H and O–H groups in total. The Labute approximate surface area is 110 Å². The summed E-state index contributed by atoms with van der Waals surface area (Å²) >= 11 is 0. The summed E-state index contributed by atoms with van der Waals surface area (Å²) in [7, 11) is 0. The van der Waals surface area contributed by atoms with Crippen molar-refractivity contribution in [1.29, 1.82) is 0 Å². The number of aromatic nitrogens is 3. The number of para-hydroxylation sites is 2. The van der Waals surface area contributed by atoms with Crippen LogP contribution >= 0.6 is 0 Å². The third-order valence-corrected chi connectivity index (χ3v) is 2.97. The number of hydrogen-bond donors (Lipinski definition) is 2. The number of carbonyl (C=O) groups excluding carboxylic acids is 1. The molecule has 1 aliphatic rings. The van der Waals surface area contributed by atoms with Crippen molar-refractivity contribution in [3.05, 3.63) is 36.9 Å². The van der Waals surface area contributed by atoms with Crippen LogP contribution in [0.1, 0.15) is 12.8 Å². The van der Waals surface area contributed by atoms with E-state index in [1.807, 2.05) is 24.3 Å². The zero-order valence-corrected chi connectivity index (χ0v) is 10.4. The maximum atomic E-state index is 11.8. The van der Waals surface area contributed by atoms with Gasteiger partial charge in [-0.05, 0) is 25.0 Å². The standard InChI is InChI=1S/C13H15N5O/c19-13(7-15-10-5-6-10)17-11-3-1-2-4-12(11)18-9-14-8-16-18/h1-4,8-10,15H,5-7H2,(H,17,19). The number of anilines is 1. The second kappa shape index (κ2) is 5.19. The highest BCUT2D eigenvalue weighted by molar-refractivity contribution is 5.94. The third kappa shape index (κ3) is 2.97. The van der Waals surface area contributed by atoms with E-state index in [9.17, 15) is 4.79 Å². The van der Waals surface area contributed by atoms with E-state index in [0.717, 1.165) is 11.4 Å². The first-order chi connectivity index (χ1) is 9.33. The quantitative estimate of drug-likeness (QED) is 0.836. The van der Waals surface area contributed by atoms with Gasteiger partial charge in [0.15, 0.2) is 0 Å². The van der Waals surface area contributed by atoms with Gasteiger partial charge in [0.1, 0.15) is 12.7 Å². The lowest BCUT2D eigenvalue weighted by atomic mass is 10.2. The van der Waals surface area contributed by atoms with Crippen molar-refractivity contribution in [2.75, 3.05) is 11.9 Å². The lowest BCUT2D eigenvalue weighted by Gasteiger charge is -2.10. The van der Waals surface area contributed by atoms with Gasteiger partial charge in [-0.3, -0.25) is 4.79 Å². The van der Waals surface area contributed by atoms with Crippen LogP contribution in [0.25, 0.3) is 5.69 Å². The van der Waals surface area contributed by atoms with Gasteiger partial charge in [-0.2, -0.15) is 5.10 Å². The van der Waals surface area contributed by atoms with Crippen LogP contribution in [-0.4, -0.2) is 33.3 Å². The van der Waals surface area contributed by atoms with Crippen LogP contribution in [-0.2, 0) is 4.79 Å². The molecule has 1 aromatic carbocycles. The van der Waals surface area contributed by atoms with Crippen LogP contribution in [0.3, 0.4) is 0 Å². The first-order valence-corrected chi connectivity index (χ1v) is 6.30. The molecular formula is C13H15N5O. The average molecular weight is 257 g/mol. The van der Waals surface area contributed by atoms with Crippen molar-refractivity contribution < 1.29 is 4.79 Å². The van der Waals surface area contributed by atoms with Crippen LogP contribution in [0.5, 0.6) is 0 Å². The van der Waals surface area contributed by atoms with E-state index >= 15 is 0 Å². The zero-order chi connectivity index (χ0) is 13.1. The van der Waals surface area contributed by atoms with Gasteiger partial charge in [-0.25, -0.2) is 9.67 Å². The van der Waals surface area contributed by atoms with Crippen molar-refractivity contribution in [3.8, 4) is 5.69 Å². The van der Waals surface area contributed by atoms with Gasteiger partial charge in [-0.1, -0.05) is 12.1 Å². The molecule has 0 unspecified atom stereocenters. The van der Waals surface area contributed by atoms with Crippen LogP contribution in [0.2, 0.25) is 0 Å². The van der Waals surface area contributed by atoms with Crippen LogP contribution < -0.4 is 10.6 Å². The Morgan fingerprint density at radius 2 is 2.21 bits per heavy atom. The molecule has 0 atom stereocenters. The van der Waals surface area contributed by atoms with Crippen molar-refractivity contribution >= 4 is 11.6 Å². The monoisotopic (exact) mass is 257 g/mol. The SMILES string of the molecule is O=C(CNC1CC1)Nc1ccccc1-n1cncn1. The van der Waals surface area contributed by atoms with Gasteiger partial charge >= 0.3 is 0 Å². The summed E-state index contributed by atoms with van der Waals surface area (Å²) < 4.78 is 1.63. The molecule has 0 aliphatic heterocycles. The second-order valence-electron chi connectivity index (χ2n) is 4.56. The zero-order valence-electron chi connectivity index (χ0n) is 10.4. The molecule has 6 nitrogen and oxygen atoms in total. The predicted octanol–water partition coefficient (Wildman–Crippen LogP) is 0.958. The van der Waals surface area contributed by atoms with Gasteiger partial charge in [0, 0.05) is 6.04 Å². The second-order valence-corrected chi connectivity index (χ2v) is 4.56. The minimum atomic E-state index is -0.0422. The molecule has 2 aromatic rings. The predicted molar refractivity (Wildman–Crippen MR) is 71.0 cm³/mol. The molecule has 1 amide bonds. The van der Waals surface area contributed by atoms with Gasteiger partial charge in [-0.15, -0.1) is 0 Å². The topological polar surface area (TPSA) is 71.8 Å². The molecule has 1 aliphatic carbocycles. The Bertz CT molecular complexity index is 562. The van der Waals surface area contributed by atoms with Crippen molar-refractivity contribution in [1.82, 2.24) is 20.1 Å². The number of amides is 1. The van der Waals surface area contributed by atoms with E-state index in [1.165, 1.54) is 19.2 Å². The number of nitrogens with one attached hydrogen (secondary N) is 2. The van der Waals surface area contributed by atoms with Gasteiger partial charge in [0.2, 0.25) is 5.91 Å². The minimum absolute atomic E-state index is 0.0422. The summed E-state index contributed by atoms with van der Waals surface area (Å²) in [5.41, 5.74) is 1.54. The molecule has 1 saturated carbocycles. The van der Waals surface area contributed by atoms with E-state index in [-0.39, 0.29) is 5.91 Å². The summed E-state index contributed by atoms with van der Waals surface area (Å²) in [6, 6.07) is 8.04. The normalized spacial score (nSPS) is 14.3. The summed E-state index contributed by atoms with van der Waals surface area (Å²) in [5, 5.41) is 10.2. The molecule has 3 rings (SSSR count). The Balaban J connectivity index is 1.71. The Kier molecular flexibility index (Phi) is 3.24. The first-order valence-electron chi connectivity index (χ1n) is 6.30. The summed E-state index contributed by atoms with van der Waals surface area (Å²) in [6.45, 7) is 0.344. The van der Waals surface area contributed by atoms with Gasteiger partial charge in [0.05, 0.1) is 17.9 Å². The fraction of sp³-hybridized carbons (Fsp3) is 0.308. The largest absolute Gasteiger partial charge is 0.323 e. The number of rotatable bonds is 5. The molecule has 0 bridgehead atoms. The van der Waals surface area contributed by atoms with E-state index in [4.69, 9.17) is 0 Å². The lowest BCUT2D eigenvalue weighted by Crippen LogP contribution is -2.29. The maximum Gasteiger partial charge on any atom is 0.238 e. The summed E-state index contributed by atoms with van der Waals surface area (Å²) in [5.74, 6) is -0.0422. The van der Waals surface area contributed by atoms with Crippen molar-refractivity contribution in [2.45, 2.75) is 18.9 Å². The molecule has 98 valence electrons. The molecule has 1 fully saturated rings. The highest BCUT2D eigenvalue weighted by Crippen LogP contribution is 2.19.